The number of carbonyl (C=O) groups excluding carboxylic acids is 1. The Labute approximate surface area is 95.0 Å². The van der Waals surface area contributed by atoms with E-state index in [9.17, 15) is 9.18 Å². The van der Waals surface area contributed by atoms with Crippen molar-refractivity contribution in [2.45, 2.75) is 19.4 Å². The third-order valence-corrected chi connectivity index (χ3v) is 2.35. The van der Waals surface area contributed by atoms with Gasteiger partial charge in [-0.2, -0.15) is 0 Å². The molecule has 0 aliphatic rings. The van der Waals surface area contributed by atoms with Crippen LogP contribution in [0.4, 0.5) is 4.39 Å². The molecular formula is C12H17FN2O. The average molecular weight is 224 g/mol. The van der Waals surface area contributed by atoms with Crippen LogP contribution >= 0.6 is 0 Å². The molecule has 0 fully saturated rings. The number of amides is 1. The van der Waals surface area contributed by atoms with Crippen LogP contribution in [0.2, 0.25) is 0 Å². The molecule has 4 heteroatoms. The molecule has 0 saturated carbocycles. The van der Waals surface area contributed by atoms with Gasteiger partial charge in [-0.1, -0.05) is 12.1 Å². The summed E-state index contributed by atoms with van der Waals surface area (Å²) in [7, 11) is 1.61. The van der Waals surface area contributed by atoms with Gasteiger partial charge in [-0.15, -0.1) is 0 Å². The van der Waals surface area contributed by atoms with Gasteiger partial charge in [0.15, 0.2) is 0 Å². The molecule has 0 heterocycles. The molecule has 1 rings (SSSR count). The first-order valence-electron chi connectivity index (χ1n) is 5.30. The smallest absolute Gasteiger partial charge is 0.233 e. The molecule has 88 valence electrons. The summed E-state index contributed by atoms with van der Waals surface area (Å²) in [6, 6.07) is 6.59. The van der Waals surface area contributed by atoms with Crippen LogP contribution in [-0.2, 0) is 11.2 Å². The van der Waals surface area contributed by atoms with Gasteiger partial charge in [-0.25, -0.2) is 4.39 Å². The third-order valence-electron chi connectivity index (χ3n) is 2.35. The summed E-state index contributed by atoms with van der Waals surface area (Å²) < 4.78 is 12.7. The maximum absolute atomic E-state index is 12.7. The monoisotopic (exact) mass is 224 g/mol. The van der Waals surface area contributed by atoms with E-state index in [2.05, 4.69) is 10.6 Å². The van der Waals surface area contributed by atoms with Crippen LogP contribution in [0.15, 0.2) is 24.3 Å². The molecule has 1 aromatic carbocycles. The van der Waals surface area contributed by atoms with E-state index in [0.29, 0.717) is 6.54 Å². The van der Waals surface area contributed by atoms with Crippen molar-refractivity contribution >= 4 is 5.91 Å². The number of rotatable bonds is 5. The number of hydrogen-bond acceptors (Lipinski definition) is 2. The van der Waals surface area contributed by atoms with E-state index in [0.717, 1.165) is 12.0 Å². The van der Waals surface area contributed by atoms with Gasteiger partial charge in [0, 0.05) is 13.1 Å². The van der Waals surface area contributed by atoms with Crippen molar-refractivity contribution in [3.63, 3.8) is 0 Å². The summed E-state index contributed by atoms with van der Waals surface area (Å²) >= 11 is 0. The lowest BCUT2D eigenvalue weighted by Crippen LogP contribution is -2.37. The molecule has 2 N–H and O–H groups in total. The summed E-state index contributed by atoms with van der Waals surface area (Å²) in [6.45, 7) is 2.30. The Hall–Kier alpha value is -1.42. The molecule has 3 nitrogen and oxygen atoms in total. The van der Waals surface area contributed by atoms with Crippen molar-refractivity contribution in [2.75, 3.05) is 13.6 Å². The second kappa shape index (κ2) is 6.23. The van der Waals surface area contributed by atoms with Gasteiger partial charge in [-0.3, -0.25) is 4.79 Å². The maximum atomic E-state index is 12.7. The zero-order valence-corrected chi connectivity index (χ0v) is 9.59. The maximum Gasteiger partial charge on any atom is 0.233 e. The lowest BCUT2D eigenvalue weighted by Gasteiger charge is -2.13. The second-order valence-electron chi connectivity index (χ2n) is 3.79. The van der Waals surface area contributed by atoms with E-state index >= 15 is 0 Å². The Morgan fingerprint density at radius 2 is 2.00 bits per heavy atom. The number of likely N-dealkylation sites (N-methyl/N-ethyl adjacent to an activating group) is 1. The summed E-state index contributed by atoms with van der Waals surface area (Å²) in [5.41, 5.74) is 1.05. The predicted octanol–water partition coefficient (Wildman–Crippen LogP) is 1.09. The Balaban J connectivity index is 2.36. The van der Waals surface area contributed by atoms with E-state index in [1.807, 2.05) is 6.92 Å². The van der Waals surface area contributed by atoms with E-state index in [1.54, 1.807) is 19.2 Å². The van der Waals surface area contributed by atoms with E-state index in [4.69, 9.17) is 0 Å². The highest BCUT2D eigenvalue weighted by Crippen LogP contribution is 2.05. The number of nitrogens with one attached hydrogen (secondary N) is 2. The fourth-order valence-corrected chi connectivity index (χ4v) is 1.40. The largest absolute Gasteiger partial charge is 0.358 e. The fraction of sp³-hybridized carbons (Fsp3) is 0.417. The number of halogens is 1. The molecule has 1 amide bonds. The highest BCUT2D eigenvalue weighted by atomic mass is 19.1. The number of hydrogen-bond donors (Lipinski definition) is 2. The molecule has 0 aliphatic carbocycles. The summed E-state index contributed by atoms with van der Waals surface area (Å²) in [4.78, 5) is 11.0. The van der Waals surface area contributed by atoms with E-state index in [1.165, 1.54) is 12.1 Å². The minimum absolute atomic E-state index is 0.0362. The molecule has 0 aliphatic heterocycles. The van der Waals surface area contributed by atoms with E-state index in [-0.39, 0.29) is 17.8 Å². The summed E-state index contributed by atoms with van der Waals surface area (Å²) in [5, 5.41) is 5.63. The Kier molecular flexibility index (Phi) is 4.92. The van der Waals surface area contributed by atoms with Gasteiger partial charge in [-0.05, 0) is 31.0 Å². The molecule has 0 aromatic heterocycles. The Morgan fingerprint density at radius 3 is 2.56 bits per heavy atom. The molecule has 0 spiro atoms. The second-order valence-corrected chi connectivity index (χ2v) is 3.79. The lowest BCUT2D eigenvalue weighted by molar-refractivity contribution is -0.119. The fourth-order valence-electron chi connectivity index (χ4n) is 1.40. The van der Waals surface area contributed by atoms with Crippen LogP contribution in [0.5, 0.6) is 0 Å². The van der Waals surface area contributed by atoms with E-state index < -0.39 is 0 Å². The van der Waals surface area contributed by atoms with Crippen LogP contribution in [0, 0.1) is 5.82 Å². The van der Waals surface area contributed by atoms with Gasteiger partial charge in [0.2, 0.25) is 5.91 Å². The topological polar surface area (TPSA) is 41.1 Å². The van der Waals surface area contributed by atoms with Crippen molar-refractivity contribution in [3.05, 3.63) is 35.6 Å². The highest BCUT2D eigenvalue weighted by molar-refractivity contribution is 5.77. The first kappa shape index (κ1) is 12.6. The quantitative estimate of drug-likeness (QED) is 0.786. The van der Waals surface area contributed by atoms with Gasteiger partial charge >= 0.3 is 0 Å². The molecule has 0 radical (unpaired) electrons. The lowest BCUT2D eigenvalue weighted by atomic mass is 10.1. The summed E-state index contributed by atoms with van der Waals surface area (Å²) in [5.74, 6) is -0.263. The normalized spacial score (nSPS) is 12.2. The molecule has 0 saturated heterocycles. The van der Waals surface area contributed by atoms with Crippen molar-refractivity contribution in [2.24, 2.45) is 0 Å². The van der Waals surface area contributed by atoms with Gasteiger partial charge in [0.1, 0.15) is 5.82 Å². The Bertz CT molecular complexity index is 337. The van der Waals surface area contributed by atoms with Crippen LogP contribution in [0.25, 0.3) is 0 Å². The predicted molar refractivity (Wildman–Crippen MR) is 61.6 cm³/mol. The number of carbonyl (C=O) groups is 1. The summed E-state index contributed by atoms with van der Waals surface area (Å²) in [6.07, 6.45) is 0.775. The molecule has 1 aromatic rings. The van der Waals surface area contributed by atoms with Gasteiger partial charge < -0.3 is 10.6 Å². The number of benzene rings is 1. The molecule has 0 bridgehead atoms. The first-order valence-corrected chi connectivity index (χ1v) is 5.30. The minimum atomic E-state index is -0.227. The molecule has 1 unspecified atom stereocenters. The van der Waals surface area contributed by atoms with Crippen molar-refractivity contribution in [1.29, 1.82) is 0 Å². The molecular weight excluding hydrogens is 207 g/mol. The molecule has 1 atom stereocenters. The zero-order valence-electron chi connectivity index (χ0n) is 9.59. The van der Waals surface area contributed by atoms with Crippen molar-refractivity contribution in [3.8, 4) is 0 Å². The van der Waals surface area contributed by atoms with Gasteiger partial charge in [0.05, 0.1) is 6.54 Å². The highest BCUT2D eigenvalue weighted by Gasteiger charge is 2.05. The standard InChI is InChI=1S/C12H17FN2O/c1-9(15-8-12(16)14-2)7-10-3-5-11(13)6-4-10/h3-6,9,15H,7-8H2,1-2H3,(H,14,16). The van der Waals surface area contributed by atoms with Crippen LogP contribution in [0.1, 0.15) is 12.5 Å². The van der Waals surface area contributed by atoms with Crippen LogP contribution < -0.4 is 10.6 Å². The Morgan fingerprint density at radius 1 is 1.38 bits per heavy atom. The van der Waals surface area contributed by atoms with Crippen molar-refractivity contribution < 1.29 is 9.18 Å². The first-order chi connectivity index (χ1) is 7.61. The van der Waals surface area contributed by atoms with Crippen molar-refractivity contribution in [1.82, 2.24) is 10.6 Å². The minimum Gasteiger partial charge on any atom is -0.358 e. The van der Waals surface area contributed by atoms with Gasteiger partial charge in [0.25, 0.3) is 0 Å². The van der Waals surface area contributed by atoms with Crippen LogP contribution in [0.3, 0.4) is 0 Å². The SMILES string of the molecule is CNC(=O)CNC(C)Cc1ccc(F)cc1. The zero-order chi connectivity index (χ0) is 12.0. The third kappa shape index (κ3) is 4.40. The van der Waals surface area contributed by atoms with Crippen LogP contribution in [-0.4, -0.2) is 25.5 Å². The molecule has 16 heavy (non-hydrogen) atoms. The average Bonchev–Trinajstić information content (AvgIpc) is 2.29.